The molecule has 3 aromatic rings. The van der Waals surface area contributed by atoms with Gasteiger partial charge in [0.05, 0.1) is 24.7 Å². The van der Waals surface area contributed by atoms with Crippen LogP contribution in [-0.2, 0) is 0 Å². The van der Waals surface area contributed by atoms with Gasteiger partial charge in [0.25, 0.3) is 5.91 Å². The predicted octanol–water partition coefficient (Wildman–Crippen LogP) is 2.96. The molecule has 0 aromatic carbocycles. The van der Waals surface area contributed by atoms with Crippen LogP contribution in [0.5, 0.6) is 5.88 Å². The number of thiazole rings is 1. The number of nitrogens with one attached hydrogen (secondary N) is 1. The van der Waals surface area contributed by atoms with E-state index < -0.39 is 5.91 Å². The van der Waals surface area contributed by atoms with Gasteiger partial charge in [-0.15, -0.1) is 11.3 Å². The van der Waals surface area contributed by atoms with Crippen molar-refractivity contribution in [3.63, 3.8) is 0 Å². The number of anilines is 2. The van der Waals surface area contributed by atoms with E-state index in [1.807, 2.05) is 11.4 Å². The van der Waals surface area contributed by atoms with Crippen molar-refractivity contribution in [1.82, 2.24) is 9.97 Å². The van der Waals surface area contributed by atoms with Crippen LogP contribution in [0.3, 0.4) is 0 Å². The van der Waals surface area contributed by atoms with Gasteiger partial charge in [-0.05, 0) is 19.1 Å². The fourth-order valence-corrected chi connectivity index (χ4v) is 2.74. The summed E-state index contributed by atoms with van der Waals surface area (Å²) in [4.78, 5) is 19.8. The standard InChI is InChI=1S/C15H14N4O3S/c1-8-10(5-12(22-8)14(16)20)11-7-23-15(19-11)18-9-3-4-13(21-2)17-6-9/h3-7H,1-2H3,(H2,16,20)(H,18,19). The lowest BCUT2D eigenvalue weighted by atomic mass is 10.2. The zero-order valence-corrected chi connectivity index (χ0v) is 13.3. The van der Waals surface area contributed by atoms with Gasteiger partial charge in [0, 0.05) is 17.0 Å². The first-order valence-corrected chi connectivity index (χ1v) is 7.58. The third-order valence-electron chi connectivity index (χ3n) is 3.14. The molecule has 0 radical (unpaired) electrons. The number of amides is 1. The number of ether oxygens (including phenoxy) is 1. The first-order valence-electron chi connectivity index (χ1n) is 6.70. The highest BCUT2D eigenvalue weighted by Crippen LogP contribution is 2.31. The van der Waals surface area contributed by atoms with Crippen LogP contribution < -0.4 is 15.8 Å². The third-order valence-corrected chi connectivity index (χ3v) is 3.90. The van der Waals surface area contributed by atoms with Gasteiger partial charge >= 0.3 is 0 Å². The second-order valence-electron chi connectivity index (χ2n) is 4.70. The molecular formula is C15H14N4O3S. The van der Waals surface area contributed by atoms with Gasteiger partial charge in [0.2, 0.25) is 5.88 Å². The summed E-state index contributed by atoms with van der Waals surface area (Å²) in [5.41, 5.74) is 7.49. The van der Waals surface area contributed by atoms with Crippen molar-refractivity contribution in [2.24, 2.45) is 5.73 Å². The van der Waals surface area contributed by atoms with Crippen LogP contribution in [0, 0.1) is 6.92 Å². The van der Waals surface area contributed by atoms with Crippen molar-refractivity contribution in [3.05, 3.63) is 41.3 Å². The molecule has 3 aromatic heterocycles. The van der Waals surface area contributed by atoms with E-state index in [1.54, 1.807) is 32.4 Å². The van der Waals surface area contributed by atoms with Crippen LogP contribution in [0.2, 0.25) is 0 Å². The lowest BCUT2D eigenvalue weighted by Gasteiger charge is -2.02. The quantitative estimate of drug-likeness (QED) is 0.745. The highest BCUT2D eigenvalue weighted by Gasteiger charge is 2.15. The number of carbonyl (C=O) groups is 1. The maximum absolute atomic E-state index is 11.2. The zero-order valence-electron chi connectivity index (χ0n) is 12.5. The van der Waals surface area contributed by atoms with E-state index in [-0.39, 0.29) is 5.76 Å². The zero-order chi connectivity index (χ0) is 16.4. The normalized spacial score (nSPS) is 10.5. The van der Waals surface area contributed by atoms with Crippen molar-refractivity contribution in [2.75, 3.05) is 12.4 Å². The van der Waals surface area contributed by atoms with Crippen molar-refractivity contribution in [1.29, 1.82) is 0 Å². The summed E-state index contributed by atoms with van der Waals surface area (Å²) < 4.78 is 10.3. The Balaban J connectivity index is 1.81. The number of carbonyl (C=O) groups excluding carboxylic acids is 1. The number of hydrogen-bond donors (Lipinski definition) is 2. The summed E-state index contributed by atoms with van der Waals surface area (Å²) in [7, 11) is 1.57. The summed E-state index contributed by atoms with van der Waals surface area (Å²) in [6, 6.07) is 5.21. The number of primary amides is 1. The Labute approximate surface area is 136 Å². The molecule has 0 saturated carbocycles. The molecule has 1 amide bonds. The number of rotatable bonds is 5. The number of hydrogen-bond acceptors (Lipinski definition) is 7. The van der Waals surface area contributed by atoms with Gasteiger partial charge < -0.3 is 20.2 Å². The van der Waals surface area contributed by atoms with Crippen LogP contribution in [0.4, 0.5) is 10.8 Å². The summed E-state index contributed by atoms with van der Waals surface area (Å²) in [6.45, 7) is 1.77. The Morgan fingerprint density at radius 3 is 2.87 bits per heavy atom. The molecule has 0 aliphatic rings. The molecule has 0 unspecified atom stereocenters. The second kappa shape index (κ2) is 6.09. The van der Waals surface area contributed by atoms with E-state index in [4.69, 9.17) is 14.9 Å². The summed E-state index contributed by atoms with van der Waals surface area (Å²) in [5.74, 6) is 0.668. The number of aryl methyl sites for hydroxylation is 1. The molecule has 0 aliphatic carbocycles. The minimum atomic E-state index is -0.600. The van der Waals surface area contributed by atoms with Crippen LogP contribution in [0.1, 0.15) is 16.3 Å². The monoisotopic (exact) mass is 330 g/mol. The number of nitrogens with zero attached hydrogens (tertiary/aromatic N) is 2. The lowest BCUT2D eigenvalue weighted by molar-refractivity contribution is 0.0972. The second-order valence-corrected chi connectivity index (χ2v) is 5.55. The molecule has 0 atom stereocenters. The Kier molecular flexibility index (Phi) is 3.98. The van der Waals surface area contributed by atoms with Gasteiger partial charge in [-0.25, -0.2) is 9.97 Å². The highest BCUT2D eigenvalue weighted by molar-refractivity contribution is 7.14. The summed E-state index contributed by atoms with van der Waals surface area (Å²) in [5, 5.41) is 5.74. The van der Waals surface area contributed by atoms with Gasteiger partial charge in [0.15, 0.2) is 10.9 Å². The van der Waals surface area contributed by atoms with E-state index in [2.05, 4.69) is 15.3 Å². The average molecular weight is 330 g/mol. The molecule has 0 spiro atoms. The minimum absolute atomic E-state index is 0.124. The molecule has 3 N–H and O–H groups in total. The fraction of sp³-hybridized carbons (Fsp3) is 0.133. The number of aromatic nitrogens is 2. The number of nitrogens with two attached hydrogens (primary N) is 1. The topological polar surface area (TPSA) is 103 Å². The van der Waals surface area contributed by atoms with Crippen LogP contribution in [0.15, 0.2) is 34.2 Å². The Morgan fingerprint density at radius 1 is 1.43 bits per heavy atom. The maximum atomic E-state index is 11.2. The summed E-state index contributed by atoms with van der Waals surface area (Å²) >= 11 is 1.44. The molecule has 3 heterocycles. The molecular weight excluding hydrogens is 316 g/mol. The Bertz CT molecular complexity index is 839. The van der Waals surface area contributed by atoms with Gasteiger partial charge in [-0.3, -0.25) is 4.79 Å². The molecule has 0 aliphatic heterocycles. The lowest BCUT2D eigenvalue weighted by Crippen LogP contribution is -2.09. The number of furan rings is 1. The summed E-state index contributed by atoms with van der Waals surface area (Å²) in [6.07, 6.45) is 1.66. The first-order chi connectivity index (χ1) is 11.1. The SMILES string of the molecule is COc1ccc(Nc2nc(-c3cc(C(N)=O)oc3C)cs2)cn1. The molecule has 8 heteroatoms. The minimum Gasteiger partial charge on any atom is -0.481 e. The van der Waals surface area contributed by atoms with Crippen LogP contribution >= 0.6 is 11.3 Å². The number of pyridine rings is 1. The molecule has 0 fully saturated rings. The van der Waals surface area contributed by atoms with Crippen molar-refractivity contribution >= 4 is 28.1 Å². The number of methoxy groups -OCH3 is 1. The molecule has 0 saturated heterocycles. The van der Waals surface area contributed by atoms with Gasteiger partial charge in [0.1, 0.15) is 5.76 Å². The van der Waals surface area contributed by atoms with Crippen molar-refractivity contribution < 1.29 is 13.9 Å². The van der Waals surface area contributed by atoms with Crippen molar-refractivity contribution in [3.8, 4) is 17.1 Å². The van der Waals surface area contributed by atoms with Gasteiger partial charge in [-0.1, -0.05) is 0 Å². The highest BCUT2D eigenvalue weighted by atomic mass is 32.1. The molecule has 118 valence electrons. The van der Waals surface area contributed by atoms with E-state index >= 15 is 0 Å². The molecule has 7 nitrogen and oxygen atoms in total. The van der Waals surface area contributed by atoms with E-state index in [9.17, 15) is 4.79 Å². The van der Waals surface area contributed by atoms with E-state index in [1.165, 1.54) is 11.3 Å². The molecule has 3 rings (SSSR count). The Morgan fingerprint density at radius 2 is 2.26 bits per heavy atom. The predicted molar refractivity (Wildman–Crippen MR) is 87.1 cm³/mol. The molecule has 0 bridgehead atoms. The molecule has 23 heavy (non-hydrogen) atoms. The van der Waals surface area contributed by atoms with Crippen LogP contribution in [-0.4, -0.2) is 23.0 Å². The van der Waals surface area contributed by atoms with E-state index in [0.29, 0.717) is 22.5 Å². The maximum Gasteiger partial charge on any atom is 0.284 e. The Hall–Kier alpha value is -2.87. The fourth-order valence-electron chi connectivity index (χ4n) is 2.01. The first kappa shape index (κ1) is 15.0. The van der Waals surface area contributed by atoms with Crippen molar-refractivity contribution in [2.45, 2.75) is 6.92 Å². The largest absolute Gasteiger partial charge is 0.481 e. The van der Waals surface area contributed by atoms with Gasteiger partial charge in [-0.2, -0.15) is 0 Å². The smallest absolute Gasteiger partial charge is 0.284 e. The average Bonchev–Trinajstić information content (AvgIpc) is 3.14. The van der Waals surface area contributed by atoms with E-state index in [0.717, 1.165) is 11.3 Å². The third kappa shape index (κ3) is 3.16. The van der Waals surface area contributed by atoms with Crippen LogP contribution in [0.25, 0.3) is 11.3 Å².